The molecule has 0 heterocycles. The molecule has 0 radical (unpaired) electrons. The van der Waals surface area contributed by atoms with Crippen LogP contribution in [0.25, 0.3) is 0 Å². The monoisotopic (exact) mass is 364 g/mol. The van der Waals surface area contributed by atoms with E-state index in [0.717, 1.165) is 6.61 Å². The first-order valence-electron chi connectivity index (χ1n) is 8.38. The van der Waals surface area contributed by atoms with Crippen LogP contribution in [0.2, 0.25) is 13.3 Å². The van der Waals surface area contributed by atoms with Gasteiger partial charge in [0, 0.05) is 0 Å². The Kier molecular flexibility index (Phi) is 13.3. The summed E-state index contributed by atoms with van der Waals surface area (Å²) in [6.07, 6.45) is 10.8. The van der Waals surface area contributed by atoms with Crippen molar-refractivity contribution in [2.45, 2.75) is 92.4 Å². The van der Waals surface area contributed by atoms with E-state index in [4.69, 9.17) is 3.07 Å². The minimum absolute atomic E-state index is 1.07. The van der Waals surface area contributed by atoms with E-state index in [1.165, 1.54) is 64.7 Å². The molecule has 0 saturated carbocycles. The summed E-state index contributed by atoms with van der Waals surface area (Å²) in [5, 5.41) is 0. The molecule has 0 aromatic carbocycles. The molecule has 0 unspecified atom stereocenters. The Balaban J connectivity index is 4.29. The van der Waals surface area contributed by atoms with Crippen molar-refractivity contribution in [3.8, 4) is 0 Å². The maximum atomic E-state index is 6.59. The standard InChI is InChI=1S/C5H11O.2C4H9.C3H7.Sn/c1-2-3-4-5-6;2*1-3-4-2;1-3-2;/h2-5H2,1H3;2*1,3-4H2,2H3;1,3H2,2H3;/q-1;;;;+1. The van der Waals surface area contributed by atoms with Gasteiger partial charge in [-0.25, -0.2) is 0 Å². The minimum atomic E-state index is -2.20. The number of rotatable bonds is 13. The molecule has 0 amide bonds. The summed E-state index contributed by atoms with van der Waals surface area (Å²) in [4.78, 5) is 0. The molecular weight excluding hydrogens is 327 g/mol. The summed E-state index contributed by atoms with van der Waals surface area (Å²) in [5.41, 5.74) is 0. The van der Waals surface area contributed by atoms with Crippen molar-refractivity contribution in [3.63, 3.8) is 0 Å². The van der Waals surface area contributed by atoms with Gasteiger partial charge in [-0.15, -0.1) is 0 Å². The molecule has 0 aliphatic heterocycles. The topological polar surface area (TPSA) is 9.23 Å². The van der Waals surface area contributed by atoms with E-state index in [9.17, 15) is 0 Å². The van der Waals surface area contributed by atoms with E-state index < -0.39 is 18.8 Å². The van der Waals surface area contributed by atoms with E-state index in [1.54, 1.807) is 0 Å². The second kappa shape index (κ2) is 12.8. The first kappa shape index (κ1) is 18.8. The Morgan fingerprint density at radius 3 is 1.61 bits per heavy atom. The molecule has 0 saturated heterocycles. The summed E-state index contributed by atoms with van der Waals surface area (Å²) in [6, 6.07) is 0. The van der Waals surface area contributed by atoms with Gasteiger partial charge in [0.05, 0.1) is 0 Å². The molecule has 1 nitrogen and oxygen atoms in total. The van der Waals surface area contributed by atoms with Crippen molar-refractivity contribution in [1.29, 1.82) is 0 Å². The Morgan fingerprint density at radius 1 is 0.611 bits per heavy atom. The molecule has 110 valence electrons. The first-order valence-corrected chi connectivity index (χ1v) is 15.6. The Hall–Kier alpha value is 0.759. The van der Waals surface area contributed by atoms with Crippen LogP contribution in [-0.2, 0) is 3.07 Å². The molecule has 0 fully saturated rings. The van der Waals surface area contributed by atoms with Crippen LogP contribution in [0.1, 0.15) is 79.1 Å². The molecular formula is C16H36OSn. The number of hydrogen-bond donors (Lipinski definition) is 0. The van der Waals surface area contributed by atoms with Crippen LogP contribution < -0.4 is 0 Å². The predicted molar refractivity (Wildman–Crippen MR) is 85.8 cm³/mol. The van der Waals surface area contributed by atoms with Crippen molar-refractivity contribution in [3.05, 3.63) is 0 Å². The van der Waals surface area contributed by atoms with E-state index in [2.05, 4.69) is 27.7 Å². The number of unbranched alkanes of at least 4 members (excludes halogenated alkanes) is 4. The zero-order chi connectivity index (χ0) is 13.7. The van der Waals surface area contributed by atoms with E-state index in [-0.39, 0.29) is 0 Å². The molecule has 0 aromatic rings. The predicted octanol–water partition coefficient (Wildman–Crippen LogP) is 6.15. The fourth-order valence-electron chi connectivity index (χ4n) is 2.69. The Labute approximate surface area is 120 Å². The van der Waals surface area contributed by atoms with Gasteiger partial charge >= 0.3 is 121 Å². The molecule has 0 aliphatic carbocycles. The van der Waals surface area contributed by atoms with Crippen LogP contribution >= 0.6 is 0 Å². The molecule has 0 aromatic heterocycles. The normalized spacial score (nSPS) is 12.0. The fourth-order valence-corrected chi connectivity index (χ4v) is 16.0. The van der Waals surface area contributed by atoms with Gasteiger partial charge in [0.15, 0.2) is 0 Å². The molecule has 18 heavy (non-hydrogen) atoms. The summed E-state index contributed by atoms with van der Waals surface area (Å²) in [7, 11) is 0. The van der Waals surface area contributed by atoms with Crippen LogP contribution in [-0.4, -0.2) is 25.4 Å². The third-order valence-electron chi connectivity index (χ3n) is 3.83. The Morgan fingerprint density at radius 2 is 1.17 bits per heavy atom. The van der Waals surface area contributed by atoms with Gasteiger partial charge in [0.2, 0.25) is 0 Å². The van der Waals surface area contributed by atoms with Crippen LogP contribution in [0.15, 0.2) is 0 Å². The van der Waals surface area contributed by atoms with Gasteiger partial charge in [0.25, 0.3) is 0 Å². The summed E-state index contributed by atoms with van der Waals surface area (Å²) >= 11 is -2.20. The van der Waals surface area contributed by atoms with Crippen LogP contribution in [0.5, 0.6) is 0 Å². The second-order valence-electron chi connectivity index (χ2n) is 5.70. The van der Waals surface area contributed by atoms with Crippen molar-refractivity contribution in [2.24, 2.45) is 0 Å². The number of hydrogen-bond acceptors (Lipinski definition) is 1. The van der Waals surface area contributed by atoms with E-state index in [0.29, 0.717) is 0 Å². The average Bonchev–Trinajstić information content (AvgIpc) is 2.39. The molecule has 0 N–H and O–H groups in total. The van der Waals surface area contributed by atoms with Gasteiger partial charge in [-0.2, -0.15) is 0 Å². The van der Waals surface area contributed by atoms with Gasteiger partial charge in [0.1, 0.15) is 0 Å². The molecule has 0 bridgehead atoms. The maximum absolute atomic E-state index is 6.59. The quantitative estimate of drug-likeness (QED) is 0.282. The van der Waals surface area contributed by atoms with Gasteiger partial charge in [-0.05, 0) is 0 Å². The van der Waals surface area contributed by atoms with Gasteiger partial charge in [-0.1, -0.05) is 0 Å². The van der Waals surface area contributed by atoms with E-state index >= 15 is 0 Å². The summed E-state index contributed by atoms with van der Waals surface area (Å²) in [5.74, 6) is 0. The Bertz CT molecular complexity index is 162. The molecule has 0 atom stereocenters. The molecule has 0 spiro atoms. The van der Waals surface area contributed by atoms with Crippen molar-refractivity contribution in [2.75, 3.05) is 6.61 Å². The van der Waals surface area contributed by atoms with E-state index in [1.807, 2.05) is 0 Å². The average molecular weight is 363 g/mol. The zero-order valence-electron chi connectivity index (χ0n) is 13.4. The third kappa shape index (κ3) is 8.79. The van der Waals surface area contributed by atoms with Gasteiger partial charge < -0.3 is 0 Å². The van der Waals surface area contributed by atoms with Crippen molar-refractivity contribution < 1.29 is 3.07 Å². The van der Waals surface area contributed by atoms with Crippen molar-refractivity contribution in [1.82, 2.24) is 0 Å². The summed E-state index contributed by atoms with van der Waals surface area (Å²) < 4.78 is 11.0. The summed E-state index contributed by atoms with van der Waals surface area (Å²) in [6.45, 7) is 10.3. The van der Waals surface area contributed by atoms with Crippen LogP contribution in [0, 0.1) is 0 Å². The SMILES string of the molecule is CCCCC[O][Sn]([CH2]CC)([CH2]CCC)[CH2]CCC. The third-order valence-corrected chi connectivity index (χ3v) is 17.4. The zero-order valence-corrected chi connectivity index (χ0v) is 16.2. The fraction of sp³-hybridized carbons (Fsp3) is 1.00. The van der Waals surface area contributed by atoms with Crippen molar-refractivity contribution >= 4 is 18.8 Å². The van der Waals surface area contributed by atoms with Crippen LogP contribution in [0.4, 0.5) is 0 Å². The van der Waals surface area contributed by atoms with Crippen LogP contribution in [0.3, 0.4) is 0 Å². The molecule has 0 rings (SSSR count). The molecule has 2 heteroatoms. The molecule has 0 aliphatic rings. The first-order chi connectivity index (χ1) is 8.74. The second-order valence-corrected chi connectivity index (χ2v) is 17.6. The van der Waals surface area contributed by atoms with Gasteiger partial charge in [-0.3, -0.25) is 0 Å².